The number of ketones is 1. The highest BCUT2D eigenvalue weighted by atomic mass is 16.8. The van der Waals surface area contributed by atoms with E-state index in [1.165, 1.54) is 0 Å². The van der Waals surface area contributed by atoms with Crippen molar-refractivity contribution < 1.29 is 48.6 Å². The Morgan fingerprint density at radius 2 is 1.58 bits per heavy atom. The van der Waals surface area contributed by atoms with Gasteiger partial charge in [0.05, 0.1) is 53.7 Å². The van der Waals surface area contributed by atoms with Crippen molar-refractivity contribution in [3.63, 3.8) is 0 Å². The third-order valence-electron chi connectivity index (χ3n) is 14.3. The highest BCUT2D eigenvalue weighted by molar-refractivity contribution is 5.84. The van der Waals surface area contributed by atoms with Crippen LogP contribution in [0.2, 0.25) is 0 Å². The SMILES string of the molecule is CC[C@H](C(=O)O)[C@H]1CC[C@H](C)[C@H]([C@@H](C)[C@H](O)[C@H](C)C(=O)[C@H](CC)[C@H]2O[C@]3(C=CC[C@]4(CC[C@@](C)([C@@H]5CC[C@](O)(CC)[C@H](C)O5)O4)O3)[C@H](C)C[C@@H]2C)O1. The van der Waals surface area contributed by atoms with Crippen molar-refractivity contribution in [3.05, 3.63) is 12.2 Å². The predicted molar refractivity (Wildman–Crippen MR) is 197 cm³/mol. The second-order valence-electron chi connectivity index (χ2n) is 17.8. The number of hydrogen-bond acceptors (Lipinski definition) is 9. The molecule has 0 radical (unpaired) electrons. The first kappa shape index (κ1) is 41.8. The lowest BCUT2D eigenvalue weighted by atomic mass is 9.72. The Kier molecular flexibility index (Phi) is 12.8. The zero-order chi connectivity index (χ0) is 38.4. The Labute approximate surface area is 312 Å². The summed E-state index contributed by atoms with van der Waals surface area (Å²) in [4.78, 5) is 26.3. The summed E-state index contributed by atoms with van der Waals surface area (Å²) in [5.41, 5.74) is -1.40. The first-order chi connectivity index (χ1) is 24.4. The van der Waals surface area contributed by atoms with Gasteiger partial charge < -0.3 is 39.0 Å². The summed E-state index contributed by atoms with van der Waals surface area (Å²) in [6.45, 7) is 20.0. The van der Waals surface area contributed by atoms with Crippen molar-refractivity contribution in [1.82, 2.24) is 0 Å². The zero-order valence-electron chi connectivity index (χ0n) is 33.6. The molecule has 5 aliphatic rings. The number of carbonyl (C=O) groups is 2. The van der Waals surface area contributed by atoms with E-state index in [9.17, 15) is 24.9 Å². The van der Waals surface area contributed by atoms with Crippen molar-refractivity contribution in [3.8, 4) is 0 Å². The molecule has 17 atom stereocenters. The number of aliphatic hydroxyl groups excluding tert-OH is 1. The van der Waals surface area contributed by atoms with E-state index in [-0.39, 0.29) is 47.8 Å². The van der Waals surface area contributed by atoms with Gasteiger partial charge in [-0.15, -0.1) is 0 Å². The topological polar surface area (TPSA) is 141 Å². The lowest BCUT2D eigenvalue weighted by Crippen LogP contribution is -2.60. The van der Waals surface area contributed by atoms with Crippen LogP contribution in [0.4, 0.5) is 0 Å². The summed E-state index contributed by atoms with van der Waals surface area (Å²) in [5.74, 6) is -4.67. The summed E-state index contributed by atoms with van der Waals surface area (Å²) < 4.78 is 33.9. The Balaban J connectivity index is 1.29. The highest BCUT2D eigenvalue weighted by Crippen LogP contribution is 2.54. The van der Waals surface area contributed by atoms with E-state index in [0.717, 1.165) is 19.3 Å². The number of aliphatic carboxylic acids is 1. The van der Waals surface area contributed by atoms with E-state index in [1.807, 2.05) is 47.6 Å². The molecule has 0 bridgehead atoms. The molecule has 5 aliphatic heterocycles. The molecule has 0 aromatic rings. The molecule has 0 aliphatic carbocycles. The van der Waals surface area contributed by atoms with Crippen molar-refractivity contribution in [2.45, 2.75) is 199 Å². The maximum absolute atomic E-state index is 14.4. The Morgan fingerprint density at radius 3 is 2.19 bits per heavy atom. The van der Waals surface area contributed by atoms with Gasteiger partial charge in [0.1, 0.15) is 5.78 Å². The van der Waals surface area contributed by atoms with Gasteiger partial charge in [-0.3, -0.25) is 9.59 Å². The monoisotopic (exact) mass is 734 g/mol. The molecule has 0 aromatic carbocycles. The molecular weight excluding hydrogens is 664 g/mol. The number of Topliss-reactive ketones (excluding diaryl/α,β-unsaturated/α-hetero) is 1. The Hall–Kier alpha value is -1.40. The number of hydrogen-bond donors (Lipinski definition) is 3. The van der Waals surface area contributed by atoms with Gasteiger partial charge in [-0.1, -0.05) is 61.5 Å². The molecule has 0 aromatic heterocycles. The van der Waals surface area contributed by atoms with Crippen LogP contribution < -0.4 is 0 Å². The second-order valence-corrected chi connectivity index (χ2v) is 17.8. The molecule has 52 heavy (non-hydrogen) atoms. The number of aliphatic hydroxyl groups is 2. The molecule has 3 N–H and O–H groups in total. The van der Waals surface area contributed by atoms with Gasteiger partial charge in [0.25, 0.3) is 0 Å². The zero-order valence-corrected chi connectivity index (χ0v) is 33.6. The minimum Gasteiger partial charge on any atom is -0.481 e. The van der Waals surface area contributed by atoms with Gasteiger partial charge >= 0.3 is 5.97 Å². The van der Waals surface area contributed by atoms with Crippen LogP contribution in [0.5, 0.6) is 0 Å². The van der Waals surface area contributed by atoms with Crippen molar-refractivity contribution >= 4 is 11.8 Å². The average molecular weight is 735 g/mol. The van der Waals surface area contributed by atoms with Crippen LogP contribution in [0.25, 0.3) is 0 Å². The van der Waals surface area contributed by atoms with Crippen molar-refractivity contribution in [2.75, 3.05) is 0 Å². The van der Waals surface area contributed by atoms with Gasteiger partial charge in [0, 0.05) is 36.5 Å². The number of rotatable bonds is 12. The maximum atomic E-state index is 14.4. The molecular formula is C42H70O10. The van der Waals surface area contributed by atoms with Gasteiger partial charge in [-0.05, 0) is 89.5 Å². The Bertz CT molecular complexity index is 1290. The van der Waals surface area contributed by atoms with Crippen molar-refractivity contribution in [2.24, 2.45) is 41.4 Å². The standard InChI is InChI=1S/C42H70O10/c1-11-30(38(45)46)32-16-15-24(4)36(49-32)28(8)34(43)27(7)35(44)31(12-2)37-25(5)23-26(6)42(50-37)19-14-18-41(52-42)22-21-39(10,51-41)33-17-20-40(47,13-3)29(9)48-33/h14,19,24-34,36-37,43,47H,11-13,15-18,20-23H2,1-10H3,(H,45,46)/t24-,25-,26+,27-,28-,29-,30-,31-,32+,33-,34+,36+,37-,39-,40+,41+,42-/m0/s1. The van der Waals surface area contributed by atoms with E-state index in [0.29, 0.717) is 51.4 Å². The number of carboxylic acids is 1. The largest absolute Gasteiger partial charge is 0.481 e. The Morgan fingerprint density at radius 1 is 0.885 bits per heavy atom. The molecule has 4 fully saturated rings. The van der Waals surface area contributed by atoms with Crippen LogP contribution in [0.15, 0.2) is 12.2 Å². The van der Waals surface area contributed by atoms with Crippen LogP contribution >= 0.6 is 0 Å². The van der Waals surface area contributed by atoms with Crippen LogP contribution in [0, 0.1) is 41.4 Å². The summed E-state index contributed by atoms with van der Waals surface area (Å²) in [6, 6.07) is 0. The van der Waals surface area contributed by atoms with E-state index in [4.69, 9.17) is 23.7 Å². The van der Waals surface area contributed by atoms with Gasteiger partial charge in [0.15, 0.2) is 11.6 Å². The fourth-order valence-corrected chi connectivity index (χ4v) is 10.5. The minimum absolute atomic E-state index is 0.0134. The molecule has 0 saturated carbocycles. The van der Waals surface area contributed by atoms with Gasteiger partial charge in [0.2, 0.25) is 0 Å². The van der Waals surface area contributed by atoms with Crippen LogP contribution in [0.1, 0.15) is 140 Å². The quantitative estimate of drug-likeness (QED) is 0.176. The molecule has 10 nitrogen and oxygen atoms in total. The smallest absolute Gasteiger partial charge is 0.309 e. The fourth-order valence-electron chi connectivity index (χ4n) is 10.5. The van der Waals surface area contributed by atoms with Gasteiger partial charge in [-0.2, -0.15) is 0 Å². The third-order valence-corrected chi connectivity index (χ3v) is 14.3. The molecule has 5 rings (SSSR count). The third kappa shape index (κ3) is 7.83. The lowest BCUT2D eigenvalue weighted by Gasteiger charge is -2.53. The van der Waals surface area contributed by atoms with E-state index >= 15 is 0 Å². The van der Waals surface area contributed by atoms with Crippen molar-refractivity contribution in [1.29, 1.82) is 0 Å². The fraction of sp³-hybridized carbons (Fsp3) is 0.905. The molecule has 4 saturated heterocycles. The normalized spacial score (nSPS) is 45.4. The average Bonchev–Trinajstić information content (AvgIpc) is 3.43. The second kappa shape index (κ2) is 16.0. The minimum atomic E-state index is -1.06. The number of carboxylic acid groups (broad SMARTS) is 1. The van der Waals surface area contributed by atoms with Crippen LogP contribution in [-0.4, -0.2) is 86.5 Å². The van der Waals surface area contributed by atoms with Gasteiger partial charge in [-0.25, -0.2) is 0 Å². The highest BCUT2D eigenvalue weighted by Gasteiger charge is 2.60. The summed E-state index contributed by atoms with van der Waals surface area (Å²) >= 11 is 0. The molecule has 0 amide bonds. The molecule has 5 heterocycles. The first-order valence-corrected chi connectivity index (χ1v) is 20.6. The van der Waals surface area contributed by atoms with Crippen LogP contribution in [-0.2, 0) is 33.3 Å². The molecule has 0 unspecified atom stereocenters. The first-order valence-electron chi connectivity index (χ1n) is 20.6. The maximum Gasteiger partial charge on any atom is 0.309 e. The van der Waals surface area contributed by atoms with E-state index < -0.39 is 64.8 Å². The molecule has 10 heteroatoms. The van der Waals surface area contributed by atoms with E-state index in [1.54, 1.807) is 0 Å². The predicted octanol–water partition coefficient (Wildman–Crippen LogP) is 7.22. The molecule has 298 valence electrons. The molecule has 2 spiro atoms. The number of carbonyl (C=O) groups excluding carboxylic acids is 1. The summed E-state index contributed by atoms with van der Waals surface area (Å²) in [7, 11) is 0. The van der Waals surface area contributed by atoms with E-state index in [2.05, 4.69) is 33.8 Å². The lowest BCUT2D eigenvalue weighted by molar-refractivity contribution is -0.393. The van der Waals surface area contributed by atoms with Crippen LogP contribution in [0.3, 0.4) is 0 Å². The summed E-state index contributed by atoms with van der Waals surface area (Å²) in [6.07, 6.45) is 8.95. The number of ether oxygens (including phenoxy) is 5. The summed E-state index contributed by atoms with van der Waals surface area (Å²) in [5, 5.41) is 32.5.